The molecule has 0 unspecified atom stereocenters. The molecule has 0 bridgehead atoms. The number of aromatic nitrogens is 3. The van der Waals surface area contributed by atoms with Crippen molar-refractivity contribution in [1.82, 2.24) is 15.0 Å². The van der Waals surface area contributed by atoms with Crippen LogP contribution in [0.3, 0.4) is 0 Å². The predicted octanol–water partition coefficient (Wildman–Crippen LogP) is 4.17. The van der Waals surface area contributed by atoms with Crippen molar-refractivity contribution in [3.05, 3.63) is 63.9 Å². The first kappa shape index (κ1) is 23.3. The summed E-state index contributed by atoms with van der Waals surface area (Å²) in [4.78, 5) is 16.2. The zero-order valence-electron chi connectivity index (χ0n) is 19.1. The molecule has 180 valence electrons. The zero-order chi connectivity index (χ0) is 23.3. The summed E-state index contributed by atoms with van der Waals surface area (Å²) in [5, 5.41) is 3.28. The van der Waals surface area contributed by atoms with E-state index in [1.165, 1.54) is 10.6 Å². The number of anilines is 1. The summed E-state index contributed by atoms with van der Waals surface area (Å²) in [6, 6.07) is 7.89. The van der Waals surface area contributed by atoms with Crippen LogP contribution in [-0.2, 0) is 32.8 Å². The van der Waals surface area contributed by atoms with Gasteiger partial charge in [-0.1, -0.05) is 19.1 Å². The van der Waals surface area contributed by atoms with Crippen LogP contribution in [0.25, 0.3) is 0 Å². The van der Waals surface area contributed by atoms with Gasteiger partial charge in [0, 0.05) is 42.7 Å². The Hall–Kier alpha value is -2.40. The highest BCUT2D eigenvalue weighted by Gasteiger charge is 2.25. The van der Waals surface area contributed by atoms with E-state index in [0.717, 1.165) is 55.3 Å². The molecule has 2 aliphatic heterocycles. The van der Waals surface area contributed by atoms with Gasteiger partial charge in [0.2, 0.25) is 5.95 Å². The average Bonchev–Trinajstić information content (AvgIpc) is 3.38. The third-order valence-corrected chi connectivity index (χ3v) is 7.98. The van der Waals surface area contributed by atoms with E-state index < -0.39 is 11.4 Å². The molecule has 2 saturated heterocycles. The molecular formula is C24H28N4O4S2. The minimum atomic E-state index is -1.61. The van der Waals surface area contributed by atoms with E-state index in [4.69, 9.17) is 18.1 Å². The molecule has 2 aliphatic rings. The van der Waals surface area contributed by atoms with E-state index in [1.54, 1.807) is 11.3 Å². The van der Waals surface area contributed by atoms with Crippen LogP contribution < -0.4 is 9.64 Å². The highest BCUT2D eigenvalue weighted by molar-refractivity contribution is 7.75. The molecule has 2 aromatic heterocycles. The number of ether oxygens (including phenoxy) is 1. The lowest BCUT2D eigenvalue weighted by atomic mass is 9.98. The highest BCUT2D eigenvalue weighted by atomic mass is 32.2. The first-order valence-corrected chi connectivity index (χ1v) is 13.5. The Morgan fingerprint density at radius 3 is 2.47 bits per heavy atom. The van der Waals surface area contributed by atoms with Gasteiger partial charge >= 0.3 is 11.4 Å². The minimum absolute atomic E-state index is 0.0848. The van der Waals surface area contributed by atoms with Crippen LogP contribution in [0.15, 0.2) is 42.0 Å². The number of hydrogen-bond donors (Lipinski definition) is 0. The predicted molar refractivity (Wildman–Crippen MR) is 131 cm³/mol. The van der Waals surface area contributed by atoms with Crippen molar-refractivity contribution in [2.45, 2.75) is 44.6 Å². The number of hydrogen-bond acceptors (Lipinski definition) is 9. The second kappa shape index (κ2) is 10.9. The third kappa shape index (κ3) is 5.63. The van der Waals surface area contributed by atoms with E-state index in [9.17, 15) is 4.21 Å². The van der Waals surface area contributed by atoms with Crippen LogP contribution in [0.5, 0.6) is 5.75 Å². The van der Waals surface area contributed by atoms with Crippen molar-refractivity contribution in [3.63, 3.8) is 0 Å². The summed E-state index contributed by atoms with van der Waals surface area (Å²) in [7, 11) is 0. The second-order valence-corrected chi connectivity index (χ2v) is 10.3. The molecule has 8 nitrogen and oxygen atoms in total. The molecule has 3 aromatic rings. The number of aryl methyl sites for hydroxylation is 1. The summed E-state index contributed by atoms with van der Waals surface area (Å²) >= 11 is 0.107. The van der Waals surface area contributed by atoms with Gasteiger partial charge in [0.15, 0.2) is 0 Å². The molecule has 0 atom stereocenters. The lowest BCUT2D eigenvalue weighted by Gasteiger charge is -2.31. The van der Waals surface area contributed by atoms with E-state index in [1.807, 2.05) is 36.7 Å². The molecule has 0 radical (unpaired) electrons. The van der Waals surface area contributed by atoms with Gasteiger partial charge in [-0.15, -0.1) is 11.3 Å². The zero-order valence-corrected chi connectivity index (χ0v) is 20.7. The summed E-state index contributed by atoms with van der Waals surface area (Å²) < 4.78 is 27.2. The van der Waals surface area contributed by atoms with Gasteiger partial charge in [-0.05, 0) is 42.5 Å². The molecule has 0 aliphatic carbocycles. The molecule has 0 amide bonds. The summed E-state index contributed by atoms with van der Waals surface area (Å²) in [5.41, 5.74) is 3.21. The summed E-state index contributed by atoms with van der Waals surface area (Å²) in [6.07, 6.45) is 6.92. The number of benzene rings is 1. The van der Waals surface area contributed by atoms with Crippen molar-refractivity contribution >= 4 is 28.6 Å². The topological polar surface area (TPSA) is 86.7 Å². The Morgan fingerprint density at radius 2 is 1.79 bits per heavy atom. The molecule has 4 heterocycles. The average molecular weight is 501 g/mol. The van der Waals surface area contributed by atoms with Crippen LogP contribution in [0.1, 0.15) is 53.4 Å². The number of piperidine rings is 1. The van der Waals surface area contributed by atoms with Gasteiger partial charge in [-0.25, -0.2) is 15.0 Å². The fourth-order valence-electron chi connectivity index (χ4n) is 4.14. The normalized spacial score (nSPS) is 21.5. The Labute approximate surface area is 206 Å². The third-order valence-electron chi connectivity index (χ3n) is 6.27. The largest absolute Gasteiger partial charge is 0.487 e. The highest BCUT2D eigenvalue weighted by Crippen LogP contribution is 2.32. The van der Waals surface area contributed by atoms with Crippen LogP contribution in [-0.4, -0.2) is 45.5 Å². The maximum atomic E-state index is 11.1. The quantitative estimate of drug-likeness (QED) is 0.478. The fraction of sp³-hybridized carbons (Fsp3) is 0.458. The lowest BCUT2D eigenvalue weighted by molar-refractivity contribution is 0.160. The number of thiazole rings is 1. The van der Waals surface area contributed by atoms with E-state index >= 15 is 0 Å². The van der Waals surface area contributed by atoms with Crippen molar-refractivity contribution in [1.29, 1.82) is 0 Å². The first-order valence-electron chi connectivity index (χ1n) is 11.6. The second-order valence-electron chi connectivity index (χ2n) is 8.51. The molecular weight excluding hydrogens is 472 g/mol. The van der Waals surface area contributed by atoms with E-state index in [-0.39, 0.29) is 5.92 Å². The van der Waals surface area contributed by atoms with Crippen molar-refractivity contribution in [3.8, 4) is 5.75 Å². The lowest BCUT2D eigenvalue weighted by Crippen LogP contribution is -2.34. The van der Waals surface area contributed by atoms with Gasteiger partial charge in [0.1, 0.15) is 12.4 Å². The molecule has 1 aromatic carbocycles. The number of rotatable bonds is 7. The number of nitrogens with zero attached hydrogens (tertiary/aromatic N) is 4. The smallest absolute Gasteiger partial charge is 0.304 e. The SMILES string of the molecule is CCc1cnc(N2CCC(c3nc(COc4ccc(C5COS(=O)OC5)cc4)cs3)CC2)nc1. The molecule has 2 fully saturated rings. The maximum Gasteiger partial charge on any atom is 0.304 e. The van der Waals surface area contributed by atoms with Crippen molar-refractivity contribution < 1.29 is 17.3 Å². The Morgan fingerprint density at radius 1 is 1.09 bits per heavy atom. The molecule has 0 saturated carbocycles. The van der Waals surface area contributed by atoms with Gasteiger partial charge < -0.3 is 9.64 Å². The summed E-state index contributed by atoms with van der Waals surface area (Å²) in [5.74, 6) is 2.18. The van der Waals surface area contributed by atoms with Gasteiger partial charge in [-0.3, -0.25) is 8.37 Å². The van der Waals surface area contributed by atoms with E-state index in [2.05, 4.69) is 27.2 Å². The molecule has 0 N–H and O–H groups in total. The maximum absolute atomic E-state index is 11.1. The Bertz CT molecular complexity index is 1090. The standard InChI is InChI=1S/C24H28N4O4S2/c1-2-17-11-25-24(26-12-17)28-9-7-19(8-10-28)23-27-21(16-33-23)15-30-22-5-3-18(4-6-22)20-13-31-34(29)32-14-20/h3-6,11-12,16,19-20H,2,7-10,13-15H2,1H3. The van der Waals surface area contributed by atoms with Crippen LogP contribution in [0, 0.1) is 0 Å². The summed E-state index contributed by atoms with van der Waals surface area (Å²) in [6.45, 7) is 5.24. The van der Waals surface area contributed by atoms with Crippen molar-refractivity contribution in [2.75, 3.05) is 31.2 Å². The fourth-order valence-corrected chi connectivity index (χ4v) is 5.73. The molecule has 34 heavy (non-hydrogen) atoms. The molecule has 0 spiro atoms. The molecule has 5 rings (SSSR count). The van der Waals surface area contributed by atoms with Gasteiger partial charge in [-0.2, -0.15) is 4.21 Å². The van der Waals surface area contributed by atoms with Crippen LogP contribution >= 0.6 is 11.3 Å². The van der Waals surface area contributed by atoms with Gasteiger partial charge in [0.05, 0.1) is 23.9 Å². The van der Waals surface area contributed by atoms with Gasteiger partial charge in [0.25, 0.3) is 0 Å². The Kier molecular flexibility index (Phi) is 7.48. The van der Waals surface area contributed by atoms with Crippen LogP contribution in [0.2, 0.25) is 0 Å². The van der Waals surface area contributed by atoms with Crippen LogP contribution in [0.4, 0.5) is 5.95 Å². The van der Waals surface area contributed by atoms with Crippen molar-refractivity contribution in [2.24, 2.45) is 0 Å². The molecule has 10 heteroatoms. The van der Waals surface area contributed by atoms with E-state index in [0.29, 0.717) is 25.7 Å². The Balaban J connectivity index is 1.10. The minimum Gasteiger partial charge on any atom is -0.487 e. The monoisotopic (exact) mass is 500 g/mol. The first-order chi connectivity index (χ1) is 16.7.